The van der Waals surface area contributed by atoms with Crippen molar-refractivity contribution in [1.82, 2.24) is 0 Å². The van der Waals surface area contributed by atoms with Gasteiger partial charge in [-0.1, -0.05) is 36.2 Å². The molecule has 4 rings (SSSR count). The number of hydrogen-bond acceptors (Lipinski definition) is 4. The van der Waals surface area contributed by atoms with Crippen LogP contribution in [0.5, 0.6) is 0 Å². The van der Waals surface area contributed by atoms with E-state index >= 15 is 0 Å². The highest BCUT2D eigenvalue weighted by Crippen LogP contribution is 2.46. The Morgan fingerprint density at radius 3 is 2.69 bits per heavy atom. The molecule has 0 fully saturated rings. The number of halogens is 1. The second-order valence-electron chi connectivity index (χ2n) is 8.30. The van der Waals surface area contributed by atoms with Gasteiger partial charge in [0, 0.05) is 33.4 Å². The fraction of sp³-hybridized carbons (Fsp3) is 0.318. The van der Waals surface area contributed by atoms with Crippen LogP contribution in [0.1, 0.15) is 53.9 Å². The molecule has 0 spiro atoms. The third-order valence-electron chi connectivity index (χ3n) is 5.59. The first-order valence-corrected chi connectivity index (χ1v) is 10.6. The molecule has 0 saturated heterocycles. The van der Waals surface area contributed by atoms with Gasteiger partial charge in [0.15, 0.2) is 0 Å². The Labute approximate surface area is 178 Å². The third-order valence-corrected chi connectivity index (χ3v) is 7.23. The second-order valence-corrected chi connectivity index (χ2v) is 9.73. The molecule has 1 aliphatic rings. The molecular weight excluding hydrogens is 408 g/mol. The Morgan fingerprint density at radius 2 is 2.00 bits per heavy atom. The zero-order valence-electron chi connectivity index (χ0n) is 16.7. The minimum Gasteiger partial charge on any atom is -0.302 e. The molecule has 5 nitrogen and oxygen atoms in total. The Kier molecular flexibility index (Phi) is 4.67. The molecule has 1 aromatic heterocycles. The smallest absolute Gasteiger partial charge is 0.270 e. The van der Waals surface area contributed by atoms with Crippen molar-refractivity contribution in [3.8, 4) is 0 Å². The Morgan fingerprint density at radius 1 is 1.28 bits per heavy atom. The summed E-state index contributed by atoms with van der Waals surface area (Å²) in [6, 6.07) is 10.7. The van der Waals surface area contributed by atoms with Crippen molar-refractivity contribution in [1.29, 1.82) is 0 Å². The summed E-state index contributed by atoms with van der Waals surface area (Å²) in [5.74, 6) is 0.172. The maximum atomic E-state index is 13.7. The monoisotopic (exact) mass is 428 g/mol. The molecule has 2 aromatic carbocycles. The Hall–Kier alpha value is -2.44. The molecule has 0 bridgehead atoms. The summed E-state index contributed by atoms with van der Waals surface area (Å²) in [6.45, 7) is 8.37. The lowest BCUT2D eigenvalue weighted by Crippen LogP contribution is -2.51. The maximum Gasteiger partial charge on any atom is 0.270 e. The Balaban J connectivity index is 1.86. The SMILES string of the molecule is Cc1ccc2c(c1)C(C)CC(C)(C)N2C(=O)c1sc2cc([N+](=O)[O-])ccc2c1Cl. The molecule has 1 aliphatic heterocycles. The zero-order valence-corrected chi connectivity index (χ0v) is 18.2. The van der Waals surface area contributed by atoms with Gasteiger partial charge in [-0.25, -0.2) is 0 Å². The van der Waals surface area contributed by atoms with E-state index in [1.807, 2.05) is 17.0 Å². The number of nitro groups is 1. The van der Waals surface area contributed by atoms with Crippen molar-refractivity contribution in [2.24, 2.45) is 0 Å². The summed E-state index contributed by atoms with van der Waals surface area (Å²) in [5.41, 5.74) is 2.83. The number of rotatable bonds is 2. The van der Waals surface area contributed by atoms with Crippen molar-refractivity contribution in [3.63, 3.8) is 0 Å². The van der Waals surface area contributed by atoms with Crippen LogP contribution in [0, 0.1) is 17.0 Å². The molecule has 29 heavy (non-hydrogen) atoms. The van der Waals surface area contributed by atoms with Crippen molar-refractivity contribution in [3.05, 3.63) is 67.5 Å². The van der Waals surface area contributed by atoms with Gasteiger partial charge in [0.2, 0.25) is 0 Å². The number of nitro benzene ring substituents is 1. The van der Waals surface area contributed by atoms with Crippen molar-refractivity contribution in [2.75, 3.05) is 4.90 Å². The molecule has 0 radical (unpaired) electrons. The molecule has 0 aliphatic carbocycles. The van der Waals surface area contributed by atoms with Crippen molar-refractivity contribution < 1.29 is 9.72 Å². The largest absolute Gasteiger partial charge is 0.302 e. The third kappa shape index (κ3) is 3.20. The van der Waals surface area contributed by atoms with Gasteiger partial charge in [0.05, 0.1) is 9.95 Å². The first-order chi connectivity index (χ1) is 13.6. The van der Waals surface area contributed by atoms with Crippen LogP contribution in [-0.4, -0.2) is 16.4 Å². The summed E-state index contributed by atoms with van der Waals surface area (Å²) < 4.78 is 0.639. The molecule has 2 heterocycles. The minimum absolute atomic E-state index is 0.0117. The van der Waals surface area contributed by atoms with Gasteiger partial charge in [-0.05, 0) is 50.8 Å². The number of nitrogens with zero attached hydrogens (tertiary/aromatic N) is 2. The average molecular weight is 429 g/mol. The van der Waals surface area contributed by atoms with E-state index in [1.54, 1.807) is 6.07 Å². The first-order valence-electron chi connectivity index (χ1n) is 9.41. The highest BCUT2D eigenvalue weighted by Gasteiger charge is 2.41. The summed E-state index contributed by atoms with van der Waals surface area (Å²) in [6.07, 6.45) is 0.836. The lowest BCUT2D eigenvalue weighted by molar-refractivity contribution is -0.384. The number of anilines is 1. The van der Waals surface area contributed by atoms with E-state index in [0.29, 0.717) is 25.9 Å². The molecule has 1 unspecified atom stereocenters. The van der Waals surface area contributed by atoms with Crippen LogP contribution in [0.25, 0.3) is 10.1 Å². The topological polar surface area (TPSA) is 63.5 Å². The number of benzene rings is 2. The lowest BCUT2D eigenvalue weighted by Gasteiger charge is -2.46. The fourth-order valence-electron chi connectivity index (χ4n) is 4.34. The van der Waals surface area contributed by atoms with Crippen LogP contribution in [-0.2, 0) is 0 Å². The van der Waals surface area contributed by atoms with Crippen LogP contribution < -0.4 is 4.90 Å². The van der Waals surface area contributed by atoms with Crippen LogP contribution in [0.4, 0.5) is 11.4 Å². The molecule has 1 atom stereocenters. The summed E-state index contributed by atoms with van der Waals surface area (Å²) in [4.78, 5) is 26.6. The molecule has 0 saturated carbocycles. The normalized spacial score (nSPS) is 18.0. The predicted molar refractivity (Wildman–Crippen MR) is 119 cm³/mol. The summed E-state index contributed by atoms with van der Waals surface area (Å²) in [5, 5.41) is 12.1. The van der Waals surface area contributed by atoms with Gasteiger partial charge < -0.3 is 4.90 Å². The number of thiophene rings is 1. The van der Waals surface area contributed by atoms with E-state index < -0.39 is 4.92 Å². The molecule has 150 valence electrons. The number of amides is 1. The number of aryl methyl sites for hydroxylation is 1. The molecule has 3 aromatic rings. The molecule has 1 amide bonds. The van der Waals surface area contributed by atoms with Gasteiger partial charge in [-0.3, -0.25) is 14.9 Å². The quantitative estimate of drug-likeness (QED) is 0.336. The van der Waals surface area contributed by atoms with E-state index in [4.69, 9.17) is 11.6 Å². The summed E-state index contributed by atoms with van der Waals surface area (Å²) >= 11 is 7.78. The van der Waals surface area contributed by atoms with E-state index in [-0.39, 0.29) is 17.1 Å². The predicted octanol–water partition coefficient (Wildman–Crippen LogP) is 6.70. The van der Waals surface area contributed by atoms with Crippen LogP contribution in [0.15, 0.2) is 36.4 Å². The van der Waals surface area contributed by atoms with Crippen molar-refractivity contribution >= 4 is 50.3 Å². The fourth-order valence-corrected chi connectivity index (χ4v) is 5.81. The first kappa shape index (κ1) is 19.9. The van der Waals surface area contributed by atoms with E-state index in [9.17, 15) is 14.9 Å². The van der Waals surface area contributed by atoms with Crippen LogP contribution in [0.3, 0.4) is 0 Å². The van der Waals surface area contributed by atoms with Crippen LogP contribution in [0.2, 0.25) is 5.02 Å². The number of hydrogen-bond donors (Lipinski definition) is 0. The average Bonchev–Trinajstić information content (AvgIpc) is 2.97. The summed E-state index contributed by atoms with van der Waals surface area (Å²) in [7, 11) is 0. The maximum absolute atomic E-state index is 13.7. The van der Waals surface area contributed by atoms with E-state index in [0.717, 1.165) is 23.2 Å². The van der Waals surface area contributed by atoms with Crippen LogP contribution >= 0.6 is 22.9 Å². The molecular formula is C22H21ClN2O3S. The lowest BCUT2D eigenvalue weighted by atomic mass is 9.79. The van der Waals surface area contributed by atoms with Gasteiger partial charge in [0.25, 0.3) is 11.6 Å². The van der Waals surface area contributed by atoms with Gasteiger partial charge >= 0.3 is 0 Å². The van der Waals surface area contributed by atoms with E-state index in [2.05, 4.69) is 33.8 Å². The van der Waals surface area contributed by atoms with Gasteiger partial charge in [0.1, 0.15) is 4.88 Å². The molecule has 7 heteroatoms. The second kappa shape index (κ2) is 6.82. The standard InChI is InChI=1S/C22H21ClN2O3S/c1-12-5-8-17-16(9-12)13(2)11-22(3,4)24(17)21(26)20-19(23)15-7-6-14(25(27)28)10-18(15)29-20/h5-10,13H,11H2,1-4H3. The number of carbonyl (C=O) groups excluding carboxylic acids is 1. The zero-order chi connectivity index (χ0) is 21.1. The van der Waals surface area contributed by atoms with Gasteiger partial charge in [-0.15, -0.1) is 11.3 Å². The number of carbonyl (C=O) groups is 1. The minimum atomic E-state index is -0.442. The van der Waals surface area contributed by atoms with E-state index in [1.165, 1.54) is 23.5 Å². The molecule has 0 N–H and O–H groups in total. The van der Waals surface area contributed by atoms with Gasteiger partial charge in [-0.2, -0.15) is 0 Å². The van der Waals surface area contributed by atoms with Crippen molar-refractivity contribution in [2.45, 2.75) is 45.6 Å². The number of non-ortho nitro benzene ring substituents is 1. The highest BCUT2D eigenvalue weighted by atomic mass is 35.5. The Bertz CT molecular complexity index is 1170. The highest BCUT2D eigenvalue weighted by molar-refractivity contribution is 7.21. The number of fused-ring (bicyclic) bond motifs is 2.